The van der Waals surface area contributed by atoms with Crippen LogP contribution >= 0.6 is 11.6 Å². The summed E-state index contributed by atoms with van der Waals surface area (Å²) in [6.45, 7) is 7.50. The fourth-order valence-corrected chi connectivity index (χ4v) is 7.76. The van der Waals surface area contributed by atoms with E-state index in [2.05, 4.69) is 59.4 Å². The minimum absolute atomic E-state index is 0.00937. The van der Waals surface area contributed by atoms with E-state index in [-0.39, 0.29) is 23.8 Å². The van der Waals surface area contributed by atoms with E-state index in [0.29, 0.717) is 58.9 Å². The number of amides is 2. The van der Waals surface area contributed by atoms with Crippen molar-refractivity contribution in [3.05, 3.63) is 82.8 Å². The lowest BCUT2D eigenvalue weighted by Gasteiger charge is -2.39. The van der Waals surface area contributed by atoms with E-state index < -0.39 is 0 Å². The van der Waals surface area contributed by atoms with Gasteiger partial charge in [0.1, 0.15) is 22.1 Å². The molecule has 3 saturated heterocycles. The molecule has 0 aliphatic carbocycles. The van der Waals surface area contributed by atoms with Crippen molar-refractivity contribution in [2.24, 2.45) is 13.0 Å². The summed E-state index contributed by atoms with van der Waals surface area (Å²) < 4.78 is 14.3. The van der Waals surface area contributed by atoms with E-state index in [1.807, 2.05) is 44.4 Å². The second-order valence-electron chi connectivity index (χ2n) is 13.8. The van der Waals surface area contributed by atoms with Crippen molar-refractivity contribution >= 4 is 40.3 Å². The molecule has 0 bridgehead atoms. The molecule has 2 N–H and O–H groups in total. The van der Waals surface area contributed by atoms with Gasteiger partial charge in [-0.15, -0.1) is 0 Å². The number of aromatic amines is 1. The lowest BCUT2D eigenvalue weighted by atomic mass is 9.90. The van der Waals surface area contributed by atoms with Crippen molar-refractivity contribution in [1.29, 1.82) is 0 Å². The number of hydrogen-bond donors (Lipinski definition) is 2. The van der Waals surface area contributed by atoms with Crippen LogP contribution in [-0.4, -0.2) is 80.8 Å². The largest absolute Gasteiger partial charge is 0.453 e. The zero-order valence-electron chi connectivity index (χ0n) is 28.8. The normalized spacial score (nSPS) is 20.6. The molecule has 2 atom stereocenters. The van der Waals surface area contributed by atoms with Gasteiger partial charge in [0.15, 0.2) is 11.4 Å². The molecule has 8 rings (SSSR count). The summed E-state index contributed by atoms with van der Waals surface area (Å²) in [5, 5.41) is 7.28. The zero-order chi connectivity index (χ0) is 35.1. The number of carbonyl (C=O) groups excluding carboxylic acids is 2. The Morgan fingerprint density at radius 2 is 1.76 bits per heavy atom. The third kappa shape index (κ3) is 7.08. The van der Waals surface area contributed by atoms with Gasteiger partial charge in [-0.1, -0.05) is 35.9 Å². The van der Waals surface area contributed by atoms with Gasteiger partial charge in [0.2, 0.25) is 11.8 Å². The molecule has 3 aliphatic heterocycles. The fourth-order valence-electron chi connectivity index (χ4n) is 7.58. The molecule has 3 fully saturated rings. The summed E-state index contributed by atoms with van der Waals surface area (Å²) in [5.74, 6) is 1.81. The van der Waals surface area contributed by atoms with Crippen LogP contribution in [-0.2, 0) is 21.4 Å². The van der Waals surface area contributed by atoms with Crippen LogP contribution in [0.15, 0.2) is 60.9 Å². The Morgan fingerprint density at radius 3 is 2.49 bits per heavy atom. The number of imide groups is 1. The highest BCUT2D eigenvalue weighted by Crippen LogP contribution is 2.37. The monoisotopic (exact) mass is 708 g/mol. The minimum Gasteiger partial charge on any atom is -0.453 e. The maximum atomic E-state index is 12.3. The third-order valence-electron chi connectivity index (χ3n) is 10.4. The number of aryl methyl sites for hydroxylation is 2. The molecule has 3 aliphatic rings. The van der Waals surface area contributed by atoms with Gasteiger partial charge in [0.25, 0.3) is 0 Å². The Labute approximate surface area is 301 Å². The number of halogens is 1. The number of morpholine rings is 1. The SMILES string of the molecule is Cc1nn(C)cc1-c1nc2ncc(Cl)c(Oc3ccc([C@H]4CN(CC5CCN(c6ccc([C@H]7CCC(=O)NC7=O)cc6)CC5)CCO4)cc3)c2[nH]1. The third-order valence-corrected chi connectivity index (χ3v) is 10.6. The van der Waals surface area contributed by atoms with Crippen molar-refractivity contribution in [1.82, 2.24) is 34.9 Å². The lowest BCUT2D eigenvalue weighted by Crippen LogP contribution is -2.43. The highest BCUT2D eigenvalue weighted by molar-refractivity contribution is 6.32. The number of piperidine rings is 2. The van der Waals surface area contributed by atoms with E-state index in [0.717, 1.165) is 67.9 Å². The summed E-state index contributed by atoms with van der Waals surface area (Å²) in [6.07, 6.45) is 6.70. The molecule has 264 valence electrons. The van der Waals surface area contributed by atoms with Crippen LogP contribution in [0.1, 0.15) is 54.5 Å². The Hall–Kier alpha value is -4.78. The number of aromatic nitrogens is 5. The van der Waals surface area contributed by atoms with Crippen molar-refractivity contribution in [2.45, 2.75) is 44.6 Å². The first-order chi connectivity index (χ1) is 24.8. The number of imidazole rings is 1. The second kappa shape index (κ2) is 14.1. The number of carbonyl (C=O) groups is 2. The molecule has 0 spiro atoms. The van der Waals surface area contributed by atoms with Gasteiger partial charge in [-0.3, -0.25) is 24.5 Å². The molecule has 2 aromatic carbocycles. The highest BCUT2D eigenvalue weighted by atomic mass is 35.5. The molecule has 12 nitrogen and oxygen atoms in total. The van der Waals surface area contributed by atoms with Crippen LogP contribution < -0.4 is 15.0 Å². The molecule has 2 amide bonds. The van der Waals surface area contributed by atoms with Crippen molar-refractivity contribution < 1.29 is 19.1 Å². The van der Waals surface area contributed by atoms with Crippen LogP contribution in [0.5, 0.6) is 11.5 Å². The first-order valence-corrected chi connectivity index (χ1v) is 18.0. The number of pyridine rings is 1. The predicted molar refractivity (Wildman–Crippen MR) is 194 cm³/mol. The molecule has 3 aromatic heterocycles. The van der Waals surface area contributed by atoms with Gasteiger partial charge >= 0.3 is 0 Å². The molecule has 6 heterocycles. The topological polar surface area (TPSA) is 130 Å². The molecular weight excluding hydrogens is 668 g/mol. The summed E-state index contributed by atoms with van der Waals surface area (Å²) in [4.78, 5) is 41.2. The van der Waals surface area contributed by atoms with Crippen LogP contribution in [0.4, 0.5) is 5.69 Å². The average molecular weight is 709 g/mol. The van der Waals surface area contributed by atoms with Crippen LogP contribution in [0.2, 0.25) is 5.02 Å². The van der Waals surface area contributed by atoms with Crippen LogP contribution in [0, 0.1) is 12.8 Å². The number of anilines is 1. The standard InChI is InChI=1S/C38H41ClN8O4/c1-23-30(21-45(2)44-23)36-42-34-35(31(39)19-40-37(34)43-36)51-28-9-5-26(6-10-28)32-22-46(17-18-50-32)20-24-13-15-47(16-14-24)27-7-3-25(4-8-27)29-11-12-33(48)41-38(29)49/h3-10,19,21,24,29,32H,11-18,20,22H2,1-2H3,(H,40,42,43)(H,41,48,49)/t29-,32-/m1/s1. The highest BCUT2D eigenvalue weighted by Gasteiger charge is 2.29. The average Bonchev–Trinajstić information content (AvgIpc) is 3.72. The van der Waals surface area contributed by atoms with E-state index in [4.69, 9.17) is 21.1 Å². The van der Waals surface area contributed by atoms with Crippen molar-refractivity contribution in [2.75, 3.05) is 44.2 Å². The molecular formula is C38H41ClN8O4. The Kier molecular flexibility index (Phi) is 9.22. The maximum absolute atomic E-state index is 12.3. The van der Waals surface area contributed by atoms with Gasteiger partial charge in [0, 0.05) is 58.1 Å². The number of ether oxygens (including phenoxy) is 2. The lowest BCUT2D eigenvalue weighted by molar-refractivity contribution is -0.134. The van der Waals surface area contributed by atoms with Gasteiger partial charge in [-0.25, -0.2) is 9.97 Å². The maximum Gasteiger partial charge on any atom is 0.234 e. The van der Waals surface area contributed by atoms with E-state index in [1.165, 1.54) is 5.69 Å². The number of hydrogen-bond acceptors (Lipinski definition) is 9. The Bertz CT molecular complexity index is 2050. The summed E-state index contributed by atoms with van der Waals surface area (Å²) >= 11 is 6.57. The predicted octanol–water partition coefficient (Wildman–Crippen LogP) is 5.92. The number of nitrogens with one attached hydrogen (secondary N) is 2. The van der Waals surface area contributed by atoms with E-state index >= 15 is 0 Å². The van der Waals surface area contributed by atoms with Crippen molar-refractivity contribution in [3.63, 3.8) is 0 Å². The molecule has 13 heteroatoms. The molecule has 0 unspecified atom stereocenters. The summed E-state index contributed by atoms with van der Waals surface area (Å²) in [5.41, 5.74) is 6.18. The number of rotatable bonds is 8. The molecule has 0 saturated carbocycles. The number of fused-ring (bicyclic) bond motifs is 1. The quantitative estimate of drug-likeness (QED) is 0.189. The van der Waals surface area contributed by atoms with Gasteiger partial charge in [-0.05, 0) is 67.5 Å². The first kappa shape index (κ1) is 33.4. The summed E-state index contributed by atoms with van der Waals surface area (Å²) in [7, 11) is 1.88. The van der Waals surface area contributed by atoms with Crippen LogP contribution in [0.3, 0.4) is 0 Å². The second-order valence-corrected chi connectivity index (χ2v) is 14.2. The number of nitrogens with zero attached hydrogens (tertiary/aromatic N) is 6. The Morgan fingerprint density at radius 1 is 1.00 bits per heavy atom. The first-order valence-electron chi connectivity index (χ1n) is 17.6. The molecule has 5 aromatic rings. The van der Waals surface area contributed by atoms with E-state index in [1.54, 1.807) is 10.9 Å². The number of H-pyrrole nitrogens is 1. The number of benzene rings is 2. The molecule has 0 radical (unpaired) electrons. The smallest absolute Gasteiger partial charge is 0.234 e. The van der Waals surface area contributed by atoms with E-state index in [9.17, 15) is 9.59 Å². The fraction of sp³-hybridized carbons (Fsp3) is 0.395. The van der Waals surface area contributed by atoms with Gasteiger partial charge < -0.3 is 19.4 Å². The molecule has 51 heavy (non-hydrogen) atoms. The van der Waals surface area contributed by atoms with Gasteiger partial charge in [0.05, 0.1) is 36.1 Å². The Balaban J connectivity index is 0.855. The summed E-state index contributed by atoms with van der Waals surface area (Å²) in [6, 6.07) is 16.4. The zero-order valence-corrected chi connectivity index (χ0v) is 29.5. The van der Waals surface area contributed by atoms with Gasteiger partial charge in [-0.2, -0.15) is 5.10 Å². The van der Waals surface area contributed by atoms with Crippen LogP contribution in [0.25, 0.3) is 22.6 Å². The van der Waals surface area contributed by atoms with Crippen molar-refractivity contribution in [3.8, 4) is 22.9 Å². The minimum atomic E-state index is -0.247.